The predicted octanol–water partition coefficient (Wildman–Crippen LogP) is -1.29. The molecule has 2 aromatic heterocycles. The molecule has 0 aromatic carbocycles. The van der Waals surface area contributed by atoms with Gasteiger partial charge in [-0.05, 0) is 12.8 Å². The lowest BCUT2D eigenvalue weighted by Gasteiger charge is -2.12. The minimum absolute atomic E-state index is 0.0676. The third-order valence-corrected chi connectivity index (χ3v) is 5.43. The zero-order valence-corrected chi connectivity index (χ0v) is 15.7. The lowest BCUT2D eigenvalue weighted by Crippen LogP contribution is -2.41. The van der Waals surface area contributed by atoms with Gasteiger partial charge in [0.2, 0.25) is 0 Å². The molecule has 12 heteroatoms. The van der Waals surface area contributed by atoms with Crippen molar-refractivity contribution in [1.82, 2.24) is 23.9 Å². The van der Waals surface area contributed by atoms with Gasteiger partial charge in [-0.1, -0.05) is 11.8 Å². The fraction of sp³-hybridized carbons (Fsp3) is 0.533. The number of aromatic amines is 1. The minimum Gasteiger partial charge on any atom is -0.384 e. The summed E-state index contributed by atoms with van der Waals surface area (Å²) in [5.74, 6) is -0.895. The van der Waals surface area contributed by atoms with Crippen LogP contribution in [0.5, 0.6) is 0 Å². The topological polar surface area (TPSA) is 147 Å². The number of anilines is 1. The van der Waals surface area contributed by atoms with Gasteiger partial charge in [0.05, 0.1) is 18.4 Å². The summed E-state index contributed by atoms with van der Waals surface area (Å²) in [5, 5.41) is 6.61. The second-order valence-corrected chi connectivity index (χ2v) is 7.18. The molecule has 0 amide bonds. The molecule has 3 N–H and O–H groups in total. The van der Waals surface area contributed by atoms with Gasteiger partial charge in [0, 0.05) is 20.7 Å². The molecule has 0 bridgehead atoms. The van der Waals surface area contributed by atoms with Crippen molar-refractivity contribution in [2.24, 2.45) is 14.1 Å². The number of nitrogens with two attached hydrogens (primary N) is 1. The van der Waals surface area contributed by atoms with E-state index in [0.717, 1.165) is 33.7 Å². The molecule has 0 saturated carbocycles. The van der Waals surface area contributed by atoms with E-state index in [2.05, 4.69) is 10.2 Å². The van der Waals surface area contributed by atoms with Crippen LogP contribution in [0.4, 0.5) is 5.82 Å². The maximum absolute atomic E-state index is 12.6. The number of ether oxygens (including phenoxy) is 1. The highest BCUT2D eigenvalue weighted by Crippen LogP contribution is 2.19. The van der Waals surface area contributed by atoms with Crippen LogP contribution in [0.1, 0.15) is 23.2 Å². The SMILES string of the molecule is Cn1c(N)c(C(=O)CSc2n[nH]c(=O)n2CC2CCCO2)c(=O)n(C)c1=O. The molecule has 0 spiro atoms. The zero-order chi connectivity index (χ0) is 19.7. The maximum Gasteiger partial charge on any atom is 0.344 e. The Balaban J connectivity index is 1.81. The van der Waals surface area contributed by atoms with E-state index < -0.39 is 22.7 Å². The Labute approximate surface area is 157 Å². The van der Waals surface area contributed by atoms with Crippen molar-refractivity contribution in [2.75, 3.05) is 18.1 Å². The molecule has 3 rings (SSSR count). The van der Waals surface area contributed by atoms with Crippen molar-refractivity contribution in [3.8, 4) is 0 Å². The van der Waals surface area contributed by atoms with Gasteiger partial charge < -0.3 is 10.5 Å². The number of nitrogens with one attached hydrogen (secondary N) is 1. The fourth-order valence-electron chi connectivity index (χ4n) is 2.89. The van der Waals surface area contributed by atoms with Gasteiger partial charge in [0.25, 0.3) is 5.56 Å². The molecular formula is C15H20N6O5S. The summed E-state index contributed by atoms with van der Waals surface area (Å²) in [6.07, 6.45) is 1.72. The van der Waals surface area contributed by atoms with Crippen molar-refractivity contribution in [1.29, 1.82) is 0 Å². The van der Waals surface area contributed by atoms with Gasteiger partial charge in [-0.3, -0.25) is 23.3 Å². The molecule has 1 aliphatic rings. The third kappa shape index (κ3) is 3.62. The Kier molecular flexibility index (Phi) is 5.37. The molecule has 146 valence electrons. The number of hydrogen-bond donors (Lipinski definition) is 2. The van der Waals surface area contributed by atoms with E-state index in [1.165, 1.54) is 18.7 Å². The smallest absolute Gasteiger partial charge is 0.344 e. The van der Waals surface area contributed by atoms with Crippen molar-refractivity contribution in [3.05, 3.63) is 36.9 Å². The van der Waals surface area contributed by atoms with Crippen LogP contribution in [0, 0.1) is 0 Å². The van der Waals surface area contributed by atoms with Gasteiger partial charge in [-0.15, -0.1) is 5.10 Å². The highest BCUT2D eigenvalue weighted by Gasteiger charge is 2.23. The Morgan fingerprint density at radius 3 is 2.74 bits per heavy atom. The maximum atomic E-state index is 12.6. The number of carbonyl (C=O) groups is 1. The summed E-state index contributed by atoms with van der Waals surface area (Å²) in [7, 11) is 2.66. The number of nitrogen functional groups attached to an aromatic ring is 1. The first-order valence-corrected chi connectivity index (χ1v) is 9.28. The molecule has 1 aliphatic heterocycles. The van der Waals surface area contributed by atoms with Gasteiger partial charge in [0.15, 0.2) is 10.9 Å². The average molecular weight is 396 g/mol. The van der Waals surface area contributed by atoms with Crippen LogP contribution in [-0.4, -0.2) is 48.1 Å². The highest BCUT2D eigenvalue weighted by molar-refractivity contribution is 7.99. The van der Waals surface area contributed by atoms with Crippen molar-refractivity contribution in [2.45, 2.75) is 30.6 Å². The van der Waals surface area contributed by atoms with Crippen LogP contribution < -0.4 is 22.7 Å². The van der Waals surface area contributed by atoms with E-state index in [4.69, 9.17) is 10.5 Å². The molecule has 1 saturated heterocycles. The standard InChI is InChI=1S/C15H20N6O5S/c1-19-11(16)10(12(23)20(2)15(19)25)9(22)7-27-14-18-17-13(24)21(14)6-8-4-3-5-26-8/h8H,3-7,16H2,1-2H3,(H,17,24). The Hall–Kier alpha value is -2.60. The number of Topliss-reactive ketones (excluding diaryl/α,β-unsaturated/α-hetero) is 1. The molecule has 0 radical (unpaired) electrons. The van der Waals surface area contributed by atoms with E-state index in [9.17, 15) is 19.2 Å². The van der Waals surface area contributed by atoms with Crippen molar-refractivity contribution >= 4 is 23.4 Å². The number of hydrogen-bond acceptors (Lipinski definition) is 8. The predicted molar refractivity (Wildman–Crippen MR) is 98.2 cm³/mol. The number of nitrogens with zero attached hydrogens (tertiary/aromatic N) is 4. The minimum atomic E-state index is -0.750. The molecule has 2 aromatic rings. The quantitative estimate of drug-likeness (QED) is 0.453. The van der Waals surface area contributed by atoms with E-state index >= 15 is 0 Å². The van der Waals surface area contributed by atoms with E-state index in [1.807, 2.05) is 0 Å². The lowest BCUT2D eigenvalue weighted by atomic mass is 10.2. The molecule has 0 aliphatic carbocycles. The summed E-state index contributed by atoms with van der Waals surface area (Å²) in [5.41, 5.74) is 3.79. The van der Waals surface area contributed by atoms with Gasteiger partial charge in [-0.25, -0.2) is 14.7 Å². The Morgan fingerprint density at radius 2 is 2.07 bits per heavy atom. The average Bonchev–Trinajstić information content (AvgIpc) is 3.28. The van der Waals surface area contributed by atoms with Crippen molar-refractivity contribution < 1.29 is 9.53 Å². The lowest BCUT2D eigenvalue weighted by molar-refractivity contribution is 0.0941. The van der Waals surface area contributed by atoms with E-state index in [0.29, 0.717) is 18.3 Å². The Bertz CT molecular complexity index is 1040. The largest absolute Gasteiger partial charge is 0.384 e. The highest BCUT2D eigenvalue weighted by atomic mass is 32.2. The number of ketones is 1. The molecule has 1 unspecified atom stereocenters. The zero-order valence-electron chi connectivity index (χ0n) is 14.9. The second-order valence-electron chi connectivity index (χ2n) is 6.23. The summed E-state index contributed by atoms with van der Waals surface area (Å²) in [4.78, 5) is 48.6. The van der Waals surface area contributed by atoms with E-state index in [-0.39, 0.29) is 23.2 Å². The number of rotatable bonds is 6. The molecule has 11 nitrogen and oxygen atoms in total. The van der Waals surface area contributed by atoms with Crippen LogP contribution in [-0.2, 0) is 25.4 Å². The summed E-state index contributed by atoms with van der Waals surface area (Å²) in [6, 6.07) is 0. The second kappa shape index (κ2) is 7.56. The number of aromatic nitrogens is 5. The van der Waals surface area contributed by atoms with Crippen molar-refractivity contribution in [3.63, 3.8) is 0 Å². The van der Waals surface area contributed by atoms with Gasteiger partial charge in [0.1, 0.15) is 11.4 Å². The number of thioether (sulfide) groups is 1. The van der Waals surface area contributed by atoms with E-state index in [1.54, 1.807) is 0 Å². The first-order valence-electron chi connectivity index (χ1n) is 8.29. The molecule has 27 heavy (non-hydrogen) atoms. The monoisotopic (exact) mass is 396 g/mol. The van der Waals surface area contributed by atoms with Gasteiger partial charge >= 0.3 is 11.4 Å². The summed E-state index contributed by atoms with van der Waals surface area (Å²) in [6.45, 7) is 1.00. The number of carbonyl (C=O) groups excluding carboxylic acids is 1. The van der Waals surface area contributed by atoms with Crippen LogP contribution in [0.15, 0.2) is 19.5 Å². The first kappa shape index (κ1) is 19.2. The summed E-state index contributed by atoms with van der Waals surface area (Å²) < 4.78 is 8.81. The molecule has 1 fully saturated rings. The van der Waals surface area contributed by atoms with Gasteiger partial charge in [-0.2, -0.15) is 0 Å². The molecule has 3 heterocycles. The molecule has 1 atom stereocenters. The van der Waals surface area contributed by atoms with Crippen LogP contribution in [0.2, 0.25) is 0 Å². The van der Waals surface area contributed by atoms with Crippen LogP contribution in [0.3, 0.4) is 0 Å². The Morgan fingerprint density at radius 1 is 1.33 bits per heavy atom. The first-order chi connectivity index (χ1) is 12.8. The normalized spacial score (nSPS) is 16.7. The molecular weight excluding hydrogens is 376 g/mol. The van der Waals surface area contributed by atoms with Crippen LogP contribution in [0.25, 0.3) is 0 Å². The third-order valence-electron chi connectivity index (χ3n) is 4.45. The summed E-state index contributed by atoms with van der Waals surface area (Å²) >= 11 is 1.01. The number of H-pyrrole nitrogens is 1. The van der Waals surface area contributed by atoms with Crippen LogP contribution >= 0.6 is 11.8 Å². The fourth-order valence-corrected chi connectivity index (χ4v) is 3.72.